The molecule has 0 bridgehead atoms. The van der Waals surface area contributed by atoms with Crippen LogP contribution in [-0.4, -0.2) is 17.7 Å². The second kappa shape index (κ2) is 6.62. The molecule has 4 nitrogen and oxygen atoms in total. The van der Waals surface area contributed by atoms with Gasteiger partial charge in [0.15, 0.2) is 0 Å². The summed E-state index contributed by atoms with van der Waals surface area (Å²) in [5.74, 6) is -0.449. The van der Waals surface area contributed by atoms with E-state index in [-0.39, 0.29) is 5.56 Å². The van der Waals surface area contributed by atoms with Gasteiger partial charge in [0.1, 0.15) is 5.75 Å². The van der Waals surface area contributed by atoms with Crippen LogP contribution in [0.4, 0.5) is 0 Å². The van der Waals surface area contributed by atoms with Gasteiger partial charge in [-0.3, -0.25) is 0 Å². The van der Waals surface area contributed by atoms with Gasteiger partial charge in [-0.15, -0.1) is 0 Å². The average Bonchev–Trinajstić information content (AvgIpc) is 2.26. The largest absolute Gasteiger partial charge is 0.491 e. The Morgan fingerprint density at radius 3 is 2.47 bits per heavy atom. The molecule has 0 fully saturated rings. The quantitative estimate of drug-likeness (QED) is 0.812. The van der Waals surface area contributed by atoms with Crippen LogP contribution in [0.15, 0.2) is 21.1 Å². The molecule has 0 amide bonds. The number of hydrogen-bond donors (Lipinski definition) is 1. The first-order valence-electron chi connectivity index (χ1n) is 4.78. The van der Waals surface area contributed by atoms with Crippen LogP contribution < -0.4 is 4.74 Å². The van der Waals surface area contributed by atoms with Crippen molar-refractivity contribution in [3.05, 3.63) is 26.6 Å². The molecule has 6 heteroatoms. The minimum atomic E-state index is -0.998. The van der Waals surface area contributed by atoms with E-state index in [2.05, 4.69) is 31.9 Å². The molecule has 0 radical (unpaired) electrons. The first kappa shape index (κ1) is 14.0. The van der Waals surface area contributed by atoms with Gasteiger partial charge in [-0.05, 0) is 50.4 Å². The van der Waals surface area contributed by atoms with E-state index in [4.69, 9.17) is 15.1 Å². The molecule has 0 saturated heterocycles. The Hall–Kier alpha value is -1.06. The number of ether oxygens (including phenoxy) is 1. The molecule has 0 heterocycles. The predicted octanol–water partition coefficient (Wildman–Crippen LogP) is 3.59. The van der Waals surface area contributed by atoms with Gasteiger partial charge >= 0.3 is 5.97 Å². The third-order valence-electron chi connectivity index (χ3n) is 1.92. The van der Waals surface area contributed by atoms with Crippen molar-refractivity contribution in [3.63, 3.8) is 0 Å². The summed E-state index contributed by atoms with van der Waals surface area (Å²) in [5.41, 5.74) is 0.174. The lowest BCUT2D eigenvalue weighted by Gasteiger charge is -2.10. The smallest absolute Gasteiger partial charge is 0.335 e. The second-order valence-corrected chi connectivity index (χ2v) is 4.89. The van der Waals surface area contributed by atoms with Gasteiger partial charge in [0.2, 0.25) is 0 Å². The lowest BCUT2D eigenvalue weighted by atomic mass is 10.2. The molecule has 0 aromatic heterocycles. The molecule has 0 aliphatic rings. The topological polar surface area (TPSA) is 70.3 Å². The van der Waals surface area contributed by atoms with Gasteiger partial charge in [-0.2, -0.15) is 5.26 Å². The number of rotatable bonds is 5. The molecule has 1 rings (SSSR count). The molecule has 0 aliphatic heterocycles. The Labute approximate surface area is 115 Å². The fraction of sp³-hybridized carbons (Fsp3) is 0.273. The summed E-state index contributed by atoms with van der Waals surface area (Å²) in [5, 5.41) is 17.2. The summed E-state index contributed by atoms with van der Waals surface area (Å²) < 4.78 is 6.61. The van der Waals surface area contributed by atoms with Gasteiger partial charge in [-0.1, -0.05) is 0 Å². The molecule has 1 aromatic rings. The van der Waals surface area contributed by atoms with E-state index in [1.165, 1.54) is 12.1 Å². The Balaban J connectivity index is 2.80. The maximum Gasteiger partial charge on any atom is 0.335 e. The van der Waals surface area contributed by atoms with Crippen LogP contribution in [0.25, 0.3) is 0 Å². The van der Waals surface area contributed by atoms with Crippen LogP contribution in [0.2, 0.25) is 0 Å². The van der Waals surface area contributed by atoms with Gasteiger partial charge in [0, 0.05) is 6.42 Å². The van der Waals surface area contributed by atoms with Crippen LogP contribution in [0.1, 0.15) is 23.2 Å². The zero-order valence-electron chi connectivity index (χ0n) is 8.74. The maximum atomic E-state index is 10.8. The summed E-state index contributed by atoms with van der Waals surface area (Å²) in [7, 11) is 0. The standard InChI is InChI=1S/C11H9Br2NO3/c12-8-5-7(11(15)16)6-9(13)10(8)17-4-2-1-3-14/h5-6H,1-2,4H2,(H,15,16). The zero-order chi connectivity index (χ0) is 12.8. The molecule has 0 atom stereocenters. The summed E-state index contributed by atoms with van der Waals surface area (Å²) in [6.07, 6.45) is 1.07. The summed E-state index contributed by atoms with van der Waals surface area (Å²) in [4.78, 5) is 10.8. The Morgan fingerprint density at radius 2 is 2.00 bits per heavy atom. The third-order valence-corrected chi connectivity index (χ3v) is 3.10. The van der Waals surface area contributed by atoms with Crippen LogP contribution in [0, 0.1) is 11.3 Å². The van der Waals surface area contributed by atoms with Crippen molar-refractivity contribution in [2.75, 3.05) is 6.61 Å². The van der Waals surface area contributed by atoms with Crippen molar-refractivity contribution >= 4 is 37.8 Å². The first-order valence-corrected chi connectivity index (χ1v) is 6.37. The van der Waals surface area contributed by atoms with Crippen molar-refractivity contribution in [2.45, 2.75) is 12.8 Å². The second-order valence-electron chi connectivity index (χ2n) is 3.18. The number of hydrogen-bond acceptors (Lipinski definition) is 3. The molecule has 0 spiro atoms. The van der Waals surface area contributed by atoms with Crippen molar-refractivity contribution in [1.29, 1.82) is 5.26 Å². The van der Waals surface area contributed by atoms with E-state index in [9.17, 15) is 4.79 Å². The highest BCUT2D eigenvalue weighted by Gasteiger charge is 2.12. The van der Waals surface area contributed by atoms with Crippen molar-refractivity contribution in [3.8, 4) is 11.8 Å². The van der Waals surface area contributed by atoms with Crippen LogP contribution in [0.5, 0.6) is 5.75 Å². The number of nitriles is 1. The first-order chi connectivity index (χ1) is 8.06. The fourth-order valence-corrected chi connectivity index (χ4v) is 2.56. The molecular weight excluding hydrogens is 354 g/mol. The summed E-state index contributed by atoms with van der Waals surface area (Å²) >= 11 is 6.50. The average molecular weight is 363 g/mol. The van der Waals surface area contributed by atoms with Crippen LogP contribution in [0.3, 0.4) is 0 Å². The number of nitrogens with zero attached hydrogens (tertiary/aromatic N) is 1. The minimum Gasteiger partial charge on any atom is -0.491 e. The summed E-state index contributed by atoms with van der Waals surface area (Å²) in [6.45, 7) is 0.414. The number of unbranched alkanes of at least 4 members (excludes halogenated alkanes) is 1. The molecule has 0 unspecified atom stereocenters. The van der Waals surface area contributed by atoms with Crippen molar-refractivity contribution < 1.29 is 14.6 Å². The molecule has 0 saturated carbocycles. The number of benzene rings is 1. The van der Waals surface area contributed by atoms with Crippen molar-refractivity contribution in [2.24, 2.45) is 0 Å². The minimum absolute atomic E-state index is 0.174. The molecule has 0 aliphatic carbocycles. The highest BCUT2D eigenvalue weighted by atomic mass is 79.9. The van der Waals surface area contributed by atoms with E-state index >= 15 is 0 Å². The monoisotopic (exact) mass is 361 g/mol. The van der Waals surface area contributed by atoms with Crippen LogP contribution >= 0.6 is 31.9 Å². The molecule has 1 aromatic carbocycles. The molecular formula is C11H9Br2NO3. The third kappa shape index (κ3) is 4.02. The van der Waals surface area contributed by atoms with Gasteiger partial charge in [0.25, 0.3) is 0 Å². The number of carboxylic acids is 1. The Kier molecular flexibility index (Phi) is 5.45. The number of carboxylic acid groups (broad SMARTS) is 1. The maximum absolute atomic E-state index is 10.8. The fourth-order valence-electron chi connectivity index (χ4n) is 1.15. The highest BCUT2D eigenvalue weighted by molar-refractivity contribution is 9.11. The van der Waals surface area contributed by atoms with Gasteiger partial charge < -0.3 is 9.84 Å². The van der Waals surface area contributed by atoms with Crippen LogP contribution in [-0.2, 0) is 0 Å². The lowest BCUT2D eigenvalue weighted by molar-refractivity contribution is 0.0696. The van der Waals surface area contributed by atoms with E-state index in [0.29, 0.717) is 34.1 Å². The molecule has 1 N–H and O–H groups in total. The van der Waals surface area contributed by atoms with E-state index in [1.807, 2.05) is 6.07 Å². The van der Waals surface area contributed by atoms with Gasteiger partial charge in [-0.25, -0.2) is 4.79 Å². The molecule has 90 valence electrons. The van der Waals surface area contributed by atoms with Crippen molar-refractivity contribution in [1.82, 2.24) is 0 Å². The number of aromatic carboxylic acids is 1. The number of carbonyl (C=O) groups is 1. The Bertz CT molecular complexity index is 445. The SMILES string of the molecule is N#CCCCOc1c(Br)cc(C(=O)O)cc1Br. The zero-order valence-corrected chi connectivity index (χ0v) is 11.9. The number of halogens is 2. The Morgan fingerprint density at radius 1 is 1.41 bits per heavy atom. The van der Waals surface area contributed by atoms with Gasteiger partial charge in [0.05, 0.1) is 27.2 Å². The lowest BCUT2D eigenvalue weighted by Crippen LogP contribution is -2.01. The van der Waals surface area contributed by atoms with E-state index < -0.39 is 5.97 Å². The molecule has 17 heavy (non-hydrogen) atoms. The normalized spacial score (nSPS) is 9.71. The predicted molar refractivity (Wildman–Crippen MR) is 69.1 cm³/mol. The summed E-state index contributed by atoms with van der Waals surface area (Å²) in [6, 6.07) is 4.98. The van der Waals surface area contributed by atoms with E-state index in [0.717, 1.165) is 0 Å². The van der Waals surface area contributed by atoms with E-state index in [1.54, 1.807) is 0 Å². The highest BCUT2D eigenvalue weighted by Crippen LogP contribution is 2.34.